The Hall–Kier alpha value is -3.13. The van der Waals surface area contributed by atoms with Crippen molar-refractivity contribution < 1.29 is 32.9 Å². The summed E-state index contributed by atoms with van der Waals surface area (Å²) >= 11 is 0. The lowest BCUT2D eigenvalue weighted by Gasteiger charge is -2.20. The Labute approximate surface area is 167 Å². The molecule has 0 saturated heterocycles. The molecular weight excluding hydrogens is 381 g/mol. The van der Waals surface area contributed by atoms with E-state index in [4.69, 9.17) is 18.9 Å². The molecule has 1 aliphatic heterocycles. The summed E-state index contributed by atoms with van der Waals surface area (Å²) in [6, 6.07) is 8.83. The zero-order valence-electron chi connectivity index (χ0n) is 16.4. The van der Waals surface area contributed by atoms with E-state index in [-0.39, 0.29) is 25.6 Å². The van der Waals surface area contributed by atoms with Crippen LogP contribution in [0.1, 0.15) is 42.3 Å². The lowest BCUT2D eigenvalue weighted by Crippen LogP contribution is -2.27. The third-order valence-corrected chi connectivity index (χ3v) is 3.85. The van der Waals surface area contributed by atoms with Gasteiger partial charge in [0.05, 0.1) is 12.2 Å². The number of amides is 1. The van der Waals surface area contributed by atoms with E-state index in [1.165, 1.54) is 18.2 Å². The van der Waals surface area contributed by atoms with Gasteiger partial charge < -0.3 is 18.9 Å². The Kier molecular flexibility index (Phi) is 6.03. The highest BCUT2D eigenvalue weighted by atomic mass is 19.1. The molecule has 7 nitrogen and oxygen atoms in total. The van der Waals surface area contributed by atoms with Gasteiger partial charge in [0.15, 0.2) is 6.79 Å². The highest BCUT2D eigenvalue weighted by Crippen LogP contribution is 2.30. The van der Waals surface area contributed by atoms with E-state index < -0.39 is 23.5 Å². The Morgan fingerprint density at radius 3 is 2.76 bits per heavy atom. The van der Waals surface area contributed by atoms with Gasteiger partial charge in [-0.2, -0.15) is 0 Å². The van der Waals surface area contributed by atoms with E-state index in [1.54, 1.807) is 39.0 Å². The largest absolute Gasteiger partial charge is 0.467 e. The molecule has 0 unspecified atom stereocenters. The van der Waals surface area contributed by atoms with Crippen molar-refractivity contribution in [3.63, 3.8) is 0 Å². The third-order valence-electron chi connectivity index (χ3n) is 3.85. The highest BCUT2D eigenvalue weighted by molar-refractivity contribution is 5.92. The predicted molar refractivity (Wildman–Crippen MR) is 102 cm³/mol. The van der Waals surface area contributed by atoms with Crippen LogP contribution in [-0.2, 0) is 27.4 Å². The van der Waals surface area contributed by atoms with Crippen molar-refractivity contribution in [1.82, 2.24) is 0 Å². The fourth-order valence-electron chi connectivity index (χ4n) is 2.74. The lowest BCUT2D eigenvalue weighted by atomic mass is 10.1. The molecule has 3 rings (SSSR count). The Morgan fingerprint density at radius 1 is 1.21 bits per heavy atom. The summed E-state index contributed by atoms with van der Waals surface area (Å²) in [5.74, 6) is -0.624. The van der Waals surface area contributed by atoms with E-state index in [0.717, 1.165) is 0 Å². The Bertz CT molecular complexity index is 922. The summed E-state index contributed by atoms with van der Waals surface area (Å²) < 4.78 is 34.8. The number of fused-ring (bicyclic) bond motifs is 1. The Balaban J connectivity index is 1.66. The van der Waals surface area contributed by atoms with Crippen molar-refractivity contribution in [1.29, 1.82) is 0 Å². The molecule has 0 spiro atoms. The molecule has 0 aromatic heterocycles. The maximum absolute atomic E-state index is 13.8. The van der Waals surface area contributed by atoms with Crippen molar-refractivity contribution in [3.8, 4) is 5.75 Å². The lowest BCUT2D eigenvalue weighted by molar-refractivity contribution is -0.0183. The molecule has 1 amide bonds. The first-order chi connectivity index (χ1) is 13.7. The number of hydrogen-bond donors (Lipinski definition) is 1. The second kappa shape index (κ2) is 8.48. The van der Waals surface area contributed by atoms with Crippen LogP contribution in [0.4, 0.5) is 14.9 Å². The fraction of sp³-hybridized carbons (Fsp3) is 0.333. The fourth-order valence-corrected chi connectivity index (χ4v) is 2.74. The zero-order chi connectivity index (χ0) is 21.0. The number of esters is 1. The van der Waals surface area contributed by atoms with Crippen LogP contribution < -0.4 is 10.1 Å². The summed E-state index contributed by atoms with van der Waals surface area (Å²) in [7, 11) is 0. The molecule has 0 atom stereocenters. The standard InChI is InChI=1S/C21H22FNO6/c1-21(2,3)29-20(25)23-17-6-4-5-13(9-17)19(24)27-11-15-8-16(22)7-14-10-26-12-28-18(14)15/h4-9H,10-12H2,1-3H3,(H,23,25). The van der Waals surface area contributed by atoms with Crippen LogP contribution in [-0.4, -0.2) is 24.5 Å². The van der Waals surface area contributed by atoms with Crippen LogP contribution in [0.25, 0.3) is 0 Å². The van der Waals surface area contributed by atoms with E-state index in [1.807, 2.05) is 0 Å². The van der Waals surface area contributed by atoms with Crippen molar-refractivity contribution in [2.24, 2.45) is 0 Å². The molecular formula is C21H22FNO6. The van der Waals surface area contributed by atoms with Crippen LogP contribution in [0.3, 0.4) is 0 Å². The van der Waals surface area contributed by atoms with Gasteiger partial charge in [0.1, 0.15) is 23.8 Å². The van der Waals surface area contributed by atoms with Gasteiger partial charge in [-0.05, 0) is 51.1 Å². The van der Waals surface area contributed by atoms with Gasteiger partial charge in [-0.25, -0.2) is 14.0 Å². The minimum atomic E-state index is -0.641. The van der Waals surface area contributed by atoms with E-state index >= 15 is 0 Å². The van der Waals surface area contributed by atoms with E-state index in [9.17, 15) is 14.0 Å². The molecule has 1 aliphatic rings. The molecule has 0 fully saturated rings. The molecule has 0 aliphatic carbocycles. The maximum Gasteiger partial charge on any atom is 0.412 e. The van der Waals surface area contributed by atoms with Gasteiger partial charge >= 0.3 is 12.1 Å². The first-order valence-electron chi connectivity index (χ1n) is 9.00. The topological polar surface area (TPSA) is 83.1 Å². The monoisotopic (exact) mass is 403 g/mol. The molecule has 0 bridgehead atoms. The molecule has 2 aromatic carbocycles. The molecule has 0 radical (unpaired) electrons. The van der Waals surface area contributed by atoms with Gasteiger partial charge in [0.25, 0.3) is 0 Å². The summed E-state index contributed by atoms with van der Waals surface area (Å²) in [6.45, 7) is 5.37. The minimum Gasteiger partial charge on any atom is -0.467 e. The van der Waals surface area contributed by atoms with E-state index in [0.29, 0.717) is 22.6 Å². The maximum atomic E-state index is 13.8. The molecule has 8 heteroatoms. The van der Waals surface area contributed by atoms with Crippen molar-refractivity contribution in [2.75, 3.05) is 12.1 Å². The highest BCUT2D eigenvalue weighted by Gasteiger charge is 2.19. The van der Waals surface area contributed by atoms with Gasteiger partial charge in [0, 0.05) is 16.8 Å². The Morgan fingerprint density at radius 2 is 2.00 bits per heavy atom. The van der Waals surface area contributed by atoms with Gasteiger partial charge in [-0.15, -0.1) is 0 Å². The summed E-state index contributed by atoms with van der Waals surface area (Å²) in [6.07, 6.45) is -0.631. The average Bonchev–Trinajstić information content (AvgIpc) is 2.64. The van der Waals surface area contributed by atoms with Crippen LogP contribution in [0.2, 0.25) is 0 Å². The zero-order valence-corrected chi connectivity index (χ0v) is 16.4. The summed E-state index contributed by atoms with van der Waals surface area (Å²) in [4.78, 5) is 24.3. The number of nitrogens with one attached hydrogen (secondary N) is 1. The summed E-state index contributed by atoms with van der Waals surface area (Å²) in [5.41, 5.74) is 0.952. The van der Waals surface area contributed by atoms with Crippen molar-refractivity contribution >= 4 is 17.7 Å². The number of rotatable bonds is 4. The number of benzene rings is 2. The number of halogens is 1. The van der Waals surface area contributed by atoms with Gasteiger partial charge in [0.2, 0.25) is 0 Å². The SMILES string of the molecule is CC(C)(C)OC(=O)Nc1cccc(C(=O)OCc2cc(F)cc3c2OCOC3)c1. The van der Waals surface area contributed by atoms with Crippen LogP contribution >= 0.6 is 0 Å². The van der Waals surface area contributed by atoms with Crippen molar-refractivity contribution in [2.45, 2.75) is 39.6 Å². The van der Waals surface area contributed by atoms with Gasteiger partial charge in [-0.1, -0.05) is 6.07 Å². The number of carbonyl (C=O) groups excluding carboxylic acids is 2. The molecule has 1 N–H and O–H groups in total. The third kappa shape index (κ3) is 5.68. The minimum absolute atomic E-state index is 0.0535. The summed E-state index contributed by atoms with van der Waals surface area (Å²) in [5, 5.41) is 2.56. The quantitative estimate of drug-likeness (QED) is 0.762. The van der Waals surface area contributed by atoms with Gasteiger partial charge in [-0.3, -0.25) is 5.32 Å². The number of hydrogen-bond acceptors (Lipinski definition) is 6. The first-order valence-corrected chi connectivity index (χ1v) is 9.00. The normalized spacial score (nSPS) is 13.1. The van der Waals surface area contributed by atoms with Crippen molar-refractivity contribution in [3.05, 3.63) is 58.9 Å². The smallest absolute Gasteiger partial charge is 0.412 e. The molecule has 0 saturated carbocycles. The molecule has 154 valence electrons. The second-order valence-electron chi connectivity index (χ2n) is 7.45. The number of carbonyl (C=O) groups is 2. The number of ether oxygens (including phenoxy) is 4. The van der Waals surface area contributed by atoms with Crippen LogP contribution in [0, 0.1) is 5.82 Å². The van der Waals surface area contributed by atoms with E-state index in [2.05, 4.69) is 5.32 Å². The molecule has 1 heterocycles. The first kappa shape index (κ1) is 20.6. The molecule has 29 heavy (non-hydrogen) atoms. The van der Waals surface area contributed by atoms with Crippen LogP contribution in [0.15, 0.2) is 36.4 Å². The average molecular weight is 403 g/mol. The second-order valence-corrected chi connectivity index (χ2v) is 7.45. The van der Waals surface area contributed by atoms with Crippen LogP contribution in [0.5, 0.6) is 5.75 Å². The number of anilines is 1. The predicted octanol–water partition coefficient (Wildman–Crippen LogP) is 4.40. The molecule has 2 aromatic rings.